The zero-order valence-electron chi connectivity index (χ0n) is 10.3. The van der Waals surface area contributed by atoms with Gasteiger partial charge in [0.05, 0.1) is 5.92 Å². The Morgan fingerprint density at radius 1 is 1.39 bits per heavy atom. The highest BCUT2D eigenvalue weighted by Crippen LogP contribution is 2.19. The largest absolute Gasteiger partial charge is 0.481 e. The number of carbonyl (C=O) groups is 1. The molecule has 1 aliphatic rings. The van der Waals surface area contributed by atoms with E-state index in [-0.39, 0.29) is 5.82 Å². The van der Waals surface area contributed by atoms with Crippen molar-refractivity contribution < 1.29 is 14.3 Å². The molecule has 0 amide bonds. The fraction of sp³-hybridized carbons (Fsp3) is 0.462. The maximum absolute atomic E-state index is 13.2. The number of halogens is 1. The summed E-state index contributed by atoms with van der Waals surface area (Å²) >= 11 is 0. The van der Waals surface area contributed by atoms with Gasteiger partial charge in [0.1, 0.15) is 5.82 Å². The molecule has 1 fully saturated rings. The van der Waals surface area contributed by atoms with Gasteiger partial charge in [0.25, 0.3) is 0 Å². The molecule has 0 spiro atoms. The lowest BCUT2D eigenvalue weighted by molar-refractivity contribution is -0.141. The molecule has 1 aliphatic heterocycles. The molecule has 1 heterocycles. The standard InChI is InChI=1S/C13H17FN2O2/c1-15-5-6-16(9-10(8-15)13(17)18)12-4-2-3-11(14)7-12/h2-4,7,10H,5-6,8-9H2,1H3,(H,17,18). The third kappa shape index (κ3) is 2.98. The molecular formula is C13H17FN2O2. The van der Waals surface area contributed by atoms with E-state index in [4.69, 9.17) is 0 Å². The number of hydrogen-bond acceptors (Lipinski definition) is 3. The van der Waals surface area contributed by atoms with Crippen LogP contribution in [0.3, 0.4) is 0 Å². The molecule has 0 radical (unpaired) electrons. The lowest BCUT2D eigenvalue weighted by Crippen LogP contribution is -2.34. The Balaban J connectivity index is 2.19. The maximum atomic E-state index is 13.2. The highest BCUT2D eigenvalue weighted by molar-refractivity contribution is 5.71. The van der Waals surface area contributed by atoms with Crippen LogP contribution in [0.25, 0.3) is 0 Å². The van der Waals surface area contributed by atoms with Gasteiger partial charge in [-0.05, 0) is 25.2 Å². The molecule has 0 saturated carbocycles. The summed E-state index contributed by atoms with van der Waals surface area (Å²) in [5.41, 5.74) is 0.747. The van der Waals surface area contributed by atoms with E-state index in [1.165, 1.54) is 12.1 Å². The van der Waals surface area contributed by atoms with Crippen molar-refractivity contribution in [2.75, 3.05) is 38.1 Å². The van der Waals surface area contributed by atoms with Gasteiger partial charge < -0.3 is 14.9 Å². The molecule has 1 unspecified atom stereocenters. The number of nitrogens with zero attached hydrogens (tertiary/aromatic N) is 2. The van der Waals surface area contributed by atoms with E-state index in [0.717, 1.165) is 12.2 Å². The molecule has 1 saturated heterocycles. The number of aliphatic carboxylic acids is 1. The van der Waals surface area contributed by atoms with Gasteiger partial charge in [-0.3, -0.25) is 4.79 Å². The molecule has 1 atom stereocenters. The van der Waals surface area contributed by atoms with E-state index in [9.17, 15) is 14.3 Å². The van der Waals surface area contributed by atoms with E-state index in [2.05, 4.69) is 0 Å². The van der Waals surface area contributed by atoms with Crippen LogP contribution in [0.2, 0.25) is 0 Å². The lowest BCUT2D eigenvalue weighted by atomic mass is 10.1. The van der Waals surface area contributed by atoms with Gasteiger partial charge in [-0.15, -0.1) is 0 Å². The zero-order chi connectivity index (χ0) is 13.1. The van der Waals surface area contributed by atoms with Crippen molar-refractivity contribution >= 4 is 11.7 Å². The summed E-state index contributed by atoms with van der Waals surface area (Å²) in [5.74, 6) is -1.54. The second-order valence-corrected chi connectivity index (χ2v) is 4.72. The van der Waals surface area contributed by atoms with Crippen molar-refractivity contribution in [1.29, 1.82) is 0 Å². The molecular weight excluding hydrogens is 235 g/mol. The molecule has 2 rings (SSSR count). The average Bonchev–Trinajstić information content (AvgIpc) is 2.51. The van der Waals surface area contributed by atoms with Crippen molar-refractivity contribution in [3.05, 3.63) is 30.1 Å². The Morgan fingerprint density at radius 3 is 2.83 bits per heavy atom. The summed E-state index contributed by atoms with van der Waals surface area (Å²) in [6.07, 6.45) is 0. The van der Waals surface area contributed by atoms with Crippen molar-refractivity contribution in [2.45, 2.75) is 0 Å². The number of benzene rings is 1. The molecule has 0 aromatic heterocycles. The first kappa shape index (κ1) is 12.8. The summed E-state index contributed by atoms with van der Waals surface area (Å²) in [6.45, 7) is 2.44. The molecule has 98 valence electrons. The van der Waals surface area contributed by atoms with Crippen LogP contribution in [0.4, 0.5) is 10.1 Å². The summed E-state index contributed by atoms with van der Waals surface area (Å²) < 4.78 is 13.2. The Morgan fingerprint density at radius 2 is 2.17 bits per heavy atom. The predicted molar refractivity (Wildman–Crippen MR) is 67.2 cm³/mol. The third-order valence-corrected chi connectivity index (χ3v) is 3.25. The Hall–Kier alpha value is -1.62. The first-order chi connectivity index (χ1) is 8.56. The first-order valence-electron chi connectivity index (χ1n) is 5.98. The van der Waals surface area contributed by atoms with Crippen LogP contribution in [0.15, 0.2) is 24.3 Å². The Kier molecular flexibility index (Phi) is 3.81. The zero-order valence-corrected chi connectivity index (χ0v) is 10.3. The van der Waals surface area contributed by atoms with E-state index in [0.29, 0.717) is 19.6 Å². The number of anilines is 1. The summed E-state index contributed by atoms with van der Waals surface area (Å²) in [4.78, 5) is 15.1. The summed E-state index contributed by atoms with van der Waals surface area (Å²) in [6, 6.07) is 6.30. The Bertz CT molecular complexity index is 439. The minimum absolute atomic E-state index is 0.294. The van der Waals surface area contributed by atoms with Crippen LogP contribution in [-0.4, -0.2) is 49.2 Å². The SMILES string of the molecule is CN1CCN(c2cccc(F)c2)CC(C(=O)O)C1. The molecule has 5 heteroatoms. The maximum Gasteiger partial charge on any atom is 0.309 e. The van der Waals surface area contributed by atoms with Crippen molar-refractivity contribution in [3.63, 3.8) is 0 Å². The smallest absolute Gasteiger partial charge is 0.309 e. The normalized spacial score (nSPS) is 21.7. The van der Waals surface area contributed by atoms with Crippen LogP contribution in [0.5, 0.6) is 0 Å². The Labute approximate surface area is 106 Å². The second kappa shape index (κ2) is 5.35. The highest BCUT2D eigenvalue weighted by atomic mass is 19.1. The van der Waals surface area contributed by atoms with Gasteiger partial charge >= 0.3 is 5.97 Å². The predicted octanol–water partition coefficient (Wildman–Crippen LogP) is 1.28. The van der Waals surface area contributed by atoms with Gasteiger partial charge in [0, 0.05) is 31.9 Å². The number of likely N-dealkylation sites (N-methyl/N-ethyl adjacent to an activating group) is 1. The van der Waals surface area contributed by atoms with Crippen LogP contribution in [0.1, 0.15) is 0 Å². The quantitative estimate of drug-likeness (QED) is 0.861. The lowest BCUT2D eigenvalue weighted by Gasteiger charge is -2.24. The fourth-order valence-electron chi connectivity index (χ4n) is 2.24. The molecule has 1 N–H and O–H groups in total. The van der Waals surface area contributed by atoms with Crippen LogP contribution >= 0.6 is 0 Å². The molecule has 1 aromatic rings. The average molecular weight is 252 g/mol. The second-order valence-electron chi connectivity index (χ2n) is 4.72. The summed E-state index contributed by atoms with van der Waals surface area (Å²) in [5, 5.41) is 9.17. The van der Waals surface area contributed by atoms with Gasteiger partial charge in [-0.1, -0.05) is 6.07 Å². The van der Waals surface area contributed by atoms with Crippen molar-refractivity contribution in [3.8, 4) is 0 Å². The number of hydrogen-bond donors (Lipinski definition) is 1. The van der Waals surface area contributed by atoms with Crippen LogP contribution in [-0.2, 0) is 4.79 Å². The van der Waals surface area contributed by atoms with Gasteiger partial charge in [-0.25, -0.2) is 4.39 Å². The minimum atomic E-state index is -0.801. The summed E-state index contributed by atoms with van der Waals surface area (Å²) in [7, 11) is 1.91. The van der Waals surface area contributed by atoms with Crippen LogP contribution in [0, 0.1) is 11.7 Å². The number of carboxylic acid groups (broad SMARTS) is 1. The van der Waals surface area contributed by atoms with E-state index < -0.39 is 11.9 Å². The number of carboxylic acids is 1. The molecule has 1 aromatic carbocycles. The molecule has 0 aliphatic carbocycles. The number of rotatable bonds is 2. The molecule has 18 heavy (non-hydrogen) atoms. The minimum Gasteiger partial charge on any atom is -0.481 e. The molecule has 0 bridgehead atoms. The van der Waals surface area contributed by atoms with Gasteiger partial charge in [0.2, 0.25) is 0 Å². The topological polar surface area (TPSA) is 43.8 Å². The van der Waals surface area contributed by atoms with Crippen molar-refractivity contribution in [2.24, 2.45) is 5.92 Å². The third-order valence-electron chi connectivity index (χ3n) is 3.25. The van der Waals surface area contributed by atoms with E-state index in [1.807, 2.05) is 22.9 Å². The highest BCUT2D eigenvalue weighted by Gasteiger charge is 2.26. The van der Waals surface area contributed by atoms with Gasteiger partial charge in [-0.2, -0.15) is 0 Å². The first-order valence-corrected chi connectivity index (χ1v) is 5.98. The van der Waals surface area contributed by atoms with E-state index in [1.54, 1.807) is 6.07 Å². The van der Waals surface area contributed by atoms with Gasteiger partial charge in [0.15, 0.2) is 0 Å². The van der Waals surface area contributed by atoms with Crippen molar-refractivity contribution in [1.82, 2.24) is 4.90 Å². The monoisotopic (exact) mass is 252 g/mol. The fourth-order valence-corrected chi connectivity index (χ4v) is 2.24. The van der Waals surface area contributed by atoms with Crippen LogP contribution < -0.4 is 4.90 Å². The molecule has 4 nitrogen and oxygen atoms in total. The van der Waals surface area contributed by atoms with E-state index >= 15 is 0 Å².